The molecular formula is C18H27N5O4. The van der Waals surface area contributed by atoms with Crippen LogP contribution in [0.5, 0.6) is 0 Å². The van der Waals surface area contributed by atoms with Gasteiger partial charge in [-0.25, -0.2) is 4.63 Å². The molecule has 9 heteroatoms. The van der Waals surface area contributed by atoms with Crippen molar-refractivity contribution < 1.29 is 19.0 Å². The Labute approximate surface area is 158 Å². The second-order valence-corrected chi connectivity index (χ2v) is 7.42. The van der Waals surface area contributed by atoms with Gasteiger partial charge >= 0.3 is 0 Å². The molecule has 3 rings (SSSR count). The van der Waals surface area contributed by atoms with Gasteiger partial charge in [0.1, 0.15) is 11.4 Å². The fraction of sp³-hybridized carbons (Fsp3) is 0.722. The largest absolute Gasteiger partial charge is 0.353 e. The average Bonchev–Trinajstić information content (AvgIpc) is 3.06. The molecule has 9 nitrogen and oxygen atoms in total. The summed E-state index contributed by atoms with van der Waals surface area (Å²) in [6.45, 7) is 5.77. The number of nitrogens with zero attached hydrogens (tertiary/aromatic N) is 4. The highest BCUT2D eigenvalue weighted by atomic mass is 16.6. The summed E-state index contributed by atoms with van der Waals surface area (Å²) in [6.07, 6.45) is 3.31. The molecule has 1 saturated heterocycles. The van der Waals surface area contributed by atoms with E-state index in [0.717, 1.165) is 25.7 Å². The topological polar surface area (TPSA) is 109 Å². The van der Waals surface area contributed by atoms with Crippen LogP contribution in [0.4, 0.5) is 0 Å². The Morgan fingerprint density at radius 2 is 1.67 bits per heavy atom. The van der Waals surface area contributed by atoms with Crippen LogP contribution in [0.3, 0.4) is 0 Å². The van der Waals surface area contributed by atoms with Crippen LogP contribution in [0.2, 0.25) is 0 Å². The summed E-state index contributed by atoms with van der Waals surface area (Å²) in [6, 6.07) is 0.0938. The van der Waals surface area contributed by atoms with Gasteiger partial charge in [-0.1, -0.05) is 10.3 Å². The summed E-state index contributed by atoms with van der Waals surface area (Å²) in [5.41, 5.74) is 1.19. The molecule has 0 bridgehead atoms. The Bertz CT molecular complexity index is 688. The van der Waals surface area contributed by atoms with Crippen LogP contribution in [-0.2, 0) is 20.8 Å². The molecule has 1 aliphatic carbocycles. The Morgan fingerprint density at radius 3 is 2.22 bits per heavy atom. The third-order valence-electron chi connectivity index (χ3n) is 5.55. The number of hydrogen-bond acceptors (Lipinski definition) is 6. The lowest BCUT2D eigenvalue weighted by Crippen LogP contribution is -2.52. The minimum absolute atomic E-state index is 0.0176. The van der Waals surface area contributed by atoms with Crippen LogP contribution < -0.4 is 5.32 Å². The van der Waals surface area contributed by atoms with Crippen molar-refractivity contribution >= 4 is 17.7 Å². The van der Waals surface area contributed by atoms with E-state index in [9.17, 15) is 14.4 Å². The zero-order valence-corrected chi connectivity index (χ0v) is 15.9. The smallest absolute Gasteiger partial charge is 0.226 e. The van der Waals surface area contributed by atoms with E-state index in [4.69, 9.17) is 0 Å². The first-order valence-corrected chi connectivity index (χ1v) is 9.55. The number of rotatable bonds is 4. The standard InChI is InChI=1S/C18H27N5O4/c1-12-16(21-27-20-12)11-17(25)19-15-5-3-14(4-6-15)18(26)23-9-7-22(8-10-23)13(2)24/h14-15H,3-11H2,1-2H3,(H,19,25). The molecule has 1 aromatic heterocycles. The molecule has 0 atom stereocenters. The van der Waals surface area contributed by atoms with Gasteiger partial charge in [-0.2, -0.15) is 0 Å². The fourth-order valence-corrected chi connectivity index (χ4v) is 3.83. The van der Waals surface area contributed by atoms with Crippen molar-refractivity contribution in [3.05, 3.63) is 11.4 Å². The first-order chi connectivity index (χ1) is 12.9. The minimum Gasteiger partial charge on any atom is -0.353 e. The Morgan fingerprint density at radius 1 is 1.04 bits per heavy atom. The van der Waals surface area contributed by atoms with Crippen molar-refractivity contribution in [2.45, 2.75) is 52.0 Å². The Hall–Kier alpha value is -2.45. The van der Waals surface area contributed by atoms with Gasteiger partial charge < -0.3 is 15.1 Å². The van der Waals surface area contributed by atoms with Gasteiger partial charge in [0.15, 0.2) is 0 Å². The number of hydrogen-bond donors (Lipinski definition) is 1. The third-order valence-corrected chi connectivity index (χ3v) is 5.55. The quantitative estimate of drug-likeness (QED) is 0.808. The lowest BCUT2D eigenvalue weighted by molar-refractivity contribution is -0.142. The molecule has 1 aliphatic heterocycles. The summed E-state index contributed by atoms with van der Waals surface area (Å²) in [4.78, 5) is 39.9. The number of piperazine rings is 1. The molecule has 0 aromatic carbocycles. The average molecular weight is 377 g/mol. The summed E-state index contributed by atoms with van der Waals surface area (Å²) in [7, 11) is 0. The highest BCUT2D eigenvalue weighted by molar-refractivity contribution is 5.80. The van der Waals surface area contributed by atoms with E-state index in [0.29, 0.717) is 37.6 Å². The highest BCUT2D eigenvalue weighted by Crippen LogP contribution is 2.26. The summed E-state index contributed by atoms with van der Waals surface area (Å²) in [5.74, 6) is 0.176. The first kappa shape index (κ1) is 19.3. The zero-order chi connectivity index (χ0) is 19.4. The highest BCUT2D eigenvalue weighted by Gasteiger charge is 2.32. The predicted octanol–water partition coefficient (Wildman–Crippen LogP) is 0.286. The molecule has 1 N–H and O–H groups in total. The van der Waals surface area contributed by atoms with Crippen LogP contribution in [-0.4, -0.2) is 70.1 Å². The van der Waals surface area contributed by atoms with E-state index >= 15 is 0 Å². The van der Waals surface area contributed by atoms with Gasteiger partial charge in [-0.15, -0.1) is 0 Å². The number of aromatic nitrogens is 2. The molecule has 1 saturated carbocycles. The summed E-state index contributed by atoms with van der Waals surface area (Å²) < 4.78 is 4.61. The van der Waals surface area contributed by atoms with E-state index in [1.807, 2.05) is 4.90 Å². The molecule has 2 heterocycles. The van der Waals surface area contributed by atoms with E-state index in [1.165, 1.54) is 0 Å². The van der Waals surface area contributed by atoms with E-state index in [2.05, 4.69) is 20.3 Å². The molecule has 0 unspecified atom stereocenters. The van der Waals surface area contributed by atoms with E-state index in [-0.39, 0.29) is 36.1 Å². The Balaban J connectivity index is 1.41. The van der Waals surface area contributed by atoms with Crippen molar-refractivity contribution in [1.29, 1.82) is 0 Å². The lowest BCUT2D eigenvalue weighted by Gasteiger charge is -2.37. The van der Waals surface area contributed by atoms with E-state index in [1.54, 1.807) is 18.7 Å². The maximum absolute atomic E-state index is 12.7. The predicted molar refractivity (Wildman–Crippen MR) is 95.5 cm³/mol. The molecule has 2 fully saturated rings. The zero-order valence-electron chi connectivity index (χ0n) is 15.9. The first-order valence-electron chi connectivity index (χ1n) is 9.55. The van der Waals surface area contributed by atoms with Gasteiger partial charge in [-0.3, -0.25) is 14.4 Å². The van der Waals surface area contributed by atoms with E-state index < -0.39 is 0 Å². The summed E-state index contributed by atoms with van der Waals surface area (Å²) >= 11 is 0. The minimum atomic E-state index is -0.0936. The van der Waals surface area contributed by atoms with Crippen LogP contribution in [0, 0.1) is 12.8 Å². The van der Waals surface area contributed by atoms with Crippen LogP contribution in [0.15, 0.2) is 4.63 Å². The van der Waals surface area contributed by atoms with Crippen molar-refractivity contribution in [2.24, 2.45) is 5.92 Å². The monoisotopic (exact) mass is 377 g/mol. The van der Waals surface area contributed by atoms with Gasteiger partial charge in [0, 0.05) is 45.1 Å². The van der Waals surface area contributed by atoms with Crippen molar-refractivity contribution in [2.75, 3.05) is 26.2 Å². The number of aryl methyl sites for hydroxylation is 1. The van der Waals surface area contributed by atoms with Gasteiger partial charge in [0.25, 0.3) is 0 Å². The molecule has 1 aromatic rings. The van der Waals surface area contributed by atoms with Gasteiger partial charge in [-0.05, 0) is 32.6 Å². The molecule has 2 aliphatic rings. The van der Waals surface area contributed by atoms with Gasteiger partial charge in [0.2, 0.25) is 17.7 Å². The second kappa shape index (κ2) is 8.49. The van der Waals surface area contributed by atoms with Crippen molar-refractivity contribution in [1.82, 2.24) is 25.4 Å². The maximum Gasteiger partial charge on any atom is 0.226 e. The third kappa shape index (κ3) is 4.84. The van der Waals surface area contributed by atoms with Crippen LogP contribution in [0.1, 0.15) is 44.0 Å². The van der Waals surface area contributed by atoms with Crippen molar-refractivity contribution in [3.8, 4) is 0 Å². The molecule has 148 valence electrons. The van der Waals surface area contributed by atoms with Gasteiger partial charge in [0.05, 0.1) is 6.42 Å². The molecular weight excluding hydrogens is 350 g/mol. The molecule has 27 heavy (non-hydrogen) atoms. The number of carbonyl (C=O) groups is 3. The second-order valence-electron chi connectivity index (χ2n) is 7.42. The number of nitrogens with one attached hydrogen (secondary N) is 1. The van der Waals surface area contributed by atoms with Crippen LogP contribution in [0.25, 0.3) is 0 Å². The summed E-state index contributed by atoms with van der Waals surface area (Å²) in [5, 5.41) is 10.4. The Kier molecular flexibility index (Phi) is 6.08. The molecule has 0 spiro atoms. The molecule has 0 radical (unpaired) electrons. The number of carbonyl (C=O) groups excluding carboxylic acids is 3. The molecule has 3 amide bonds. The fourth-order valence-electron chi connectivity index (χ4n) is 3.83. The lowest BCUT2D eigenvalue weighted by atomic mass is 9.85. The normalized spacial score (nSPS) is 23.2. The van der Waals surface area contributed by atoms with Crippen LogP contribution >= 0.6 is 0 Å². The maximum atomic E-state index is 12.7. The van der Waals surface area contributed by atoms with Crippen molar-refractivity contribution in [3.63, 3.8) is 0 Å². The SMILES string of the molecule is CC(=O)N1CCN(C(=O)C2CCC(NC(=O)Cc3nonc3C)CC2)CC1. The number of amides is 3.